The number of rotatable bonds is 6. The fraction of sp³-hybridized carbons (Fsp3) is 0.241. The number of nitriles is 1. The summed E-state index contributed by atoms with van der Waals surface area (Å²) in [6.07, 6.45) is 0. The van der Waals surface area contributed by atoms with E-state index in [4.69, 9.17) is 24.7 Å². The Hall–Kier alpha value is -4.44. The first-order chi connectivity index (χ1) is 17.2. The summed E-state index contributed by atoms with van der Waals surface area (Å²) >= 11 is 0. The van der Waals surface area contributed by atoms with E-state index < -0.39 is 11.9 Å². The molecule has 0 saturated heterocycles. The highest BCUT2D eigenvalue weighted by Gasteiger charge is 2.31. The number of benzene rings is 3. The molecule has 3 aromatic rings. The van der Waals surface area contributed by atoms with Gasteiger partial charge >= 0.3 is 5.97 Å². The minimum atomic E-state index is -0.591. The minimum Gasteiger partial charge on any atom is -0.493 e. The Morgan fingerprint density at radius 1 is 1.06 bits per heavy atom. The third-order valence-corrected chi connectivity index (χ3v) is 5.95. The number of ether oxygens (including phenoxy) is 4. The van der Waals surface area contributed by atoms with Gasteiger partial charge in [-0.1, -0.05) is 63.2 Å². The summed E-state index contributed by atoms with van der Waals surface area (Å²) in [5.41, 5.74) is 9.32. The number of para-hydroxylation sites is 2. The summed E-state index contributed by atoms with van der Waals surface area (Å²) in [6, 6.07) is 22.4. The Morgan fingerprint density at radius 2 is 1.75 bits per heavy atom. The van der Waals surface area contributed by atoms with Crippen LogP contribution in [0, 0.1) is 11.3 Å². The van der Waals surface area contributed by atoms with Crippen molar-refractivity contribution in [2.45, 2.75) is 32.1 Å². The molecule has 1 heterocycles. The van der Waals surface area contributed by atoms with E-state index in [1.807, 2.05) is 12.1 Å². The Morgan fingerprint density at radius 3 is 2.39 bits per heavy atom. The van der Waals surface area contributed by atoms with Crippen LogP contribution in [0.1, 0.15) is 43.4 Å². The van der Waals surface area contributed by atoms with Crippen molar-refractivity contribution >= 4 is 5.97 Å². The van der Waals surface area contributed by atoms with Crippen LogP contribution < -0.4 is 24.7 Å². The van der Waals surface area contributed by atoms with Gasteiger partial charge in [0.25, 0.3) is 0 Å². The number of allylic oxidation sites excluding steroid dienone is 1. The van der Waals surface area contributed by atoms with Crippen LogP contribution in [0.5, 0.6) is 23.0 Å². The second-order valence-corrected chi connectivity index (χ2v) is 9.41. The largest absolute Gasteiger partial charge is 0.493 e. The summed E-state index contributed by atoms with van der Waals surface area (Å²) < 4.78 is 22.0. The fourth-order valence-electron chi connectivity index (χ4n) is 4.05. The van der Waals surface area contributed by atoms with Gasteiger partial charge in [0, 0.05) is 11.6 Å². The summed E-state index contributed by atoms with van der Waals surface area (Å²) in [6.45, 7) is 6.14. The topological polar surface area (TPSA) is 104 Å². The zero-order valence-electron chi connectivity index (χ0n) is 20.7. The molecule has 184 valence electrons. The summed E-state index contributed by atoms with van der Waals surface area (Å²) in [4.78, 5) is 12.4. The van der Waals surface area contributed by atoms with Crippen molar-refractivity contribution in [1.29, 1.82) is 5.26 Å². The predicted octanol–water partition coefficient (Wildman–Crippen LogP) is 5.20. The van der Waals surface area contributed by atoms with Crippen LogP contribution in [0.2, 0.25) is 0 Å². The van der Waals surface area contributed by atoms with Crippen LogP contribution in [0.15, 0.2) is 78.2 Å². The monoisotopic (exact) mass is 484 g/mol. The second kappa shape index (κ2) is 10.0. The SMILES string of the molecule is COc1ccccc1OCC(=O)Oc1ccc2c(c1)OC(N)=C(C#N)C2c1ccc(C(C)(C)C)cc1. The third kappa shape index (κ3) is 5.13. The minimum absolute atomic E-state index is 0.00712. The molecule has 2 N–H and O–H groups in total. The second-order valence-electron chi connectivity index (χ2n) is 9.41. The first kappa shape index (κ1) is 24.7. The van der Waals surface area contributed by atoms with E-state index in [0.29, 0.717) is 22.8 Å². The van der Waals surface area contributed by atoms with Crippen LogP contribution in [-0.4, -0.2) is 19.7 Å². The number of hydrogen-bond acceptors (Lipinski definition) is 7. The van der Waals surface area contributed by atoms with Gasteiger partial charge in [0.15, 0.2) is 18.1 Å². The molecular formula is C29H28N2O5. The van der Waals surface area contributed by atoms with Gasteiger partial charge in [-0.2, -0.15) is 5.26 Å². The number of hydrogen-bond donors (Lipinski definition) is 1. The summed E-state index contributed by atoms with van der Waals surface area (Å²) in [5.74, 6) is 0.693. The lowest BCUT2D eigenvalue weighted by molar-refractivity contribution is -0.136. The van der Waals surface area contributed by atoms with Gasteiger partial charge in [0.05, 0.1) is 13.0 Å². The van der Waals surface area contributed by atoms with Gasteiger partial charge in [-0.25, -0.2) is 4.79 Å². The van der Waals surface area contributed by atoms with Crippen molar-refractivity contribution in [3.8, 4) is 29.1 Å². The maximum atomic E-state index is 12.4. The molecule has 0 saturated carbocycles. The Kier molecular flexibility index (Phi) is 6.89. The van der Waals surface area contributed by atoms with E-state index in [1.54, 1.807) is 42.5 Å². The molecular weight excluding hydrogens is 456 g/mol. The summed E-state index contributed by atoms with van der Waals surface area (Å²) in [5, 5.41) is 9.81. The molecule has 7 nitrogen and oxygen atoms in total. The predicted molar refractivity (Wildman–Crippen MR) is 135 cm³/mol. The zero-order valence-corrected chi connectivity index (χ0v) is 20.7. The van der Waals surface area contributed by atoms with Crippen molar-refractivity contribution in [3.63, 3.8) is 0 Å². The van der Waals surface area contributed by atoms with E-state index in [1.165, 1.54) is 12.7 Å². The van der Waals surface area contributed by atoms with Crippen molar-refractivity contribution in [3.05, 3.63) is 94.9 Å². The molecule has 1 aliphatic rings. The molecule has 7 heteroatoms. The van der Waals surface area contributed by atoms with Crippen LogP contribution in [0.3, 0.4) is 0 Å². The van der Waals surface area contributed by atoms with Crippen molar-refractivity contribution in [2.75, 3.05) is 13.7 Å². The first-order valence-electron chi connectivity index (χ1n) is 11.5. The zero-order chi connectivity index (χ0) is 25.9. The van der Waals surface area contributed by atoms with Crippen LogP contribution in [0.25, 0.3) is 0 Å². The standard InChI is InChI=1S/C29H28N2O5/c1-29(2,3)19-11-9-18(10-12-19)27-21-14-13-20(15-25(21)36-28(31)22(27)16-30)35-26(32)17-34-24-8-6-5-7-23(24)33-4/h5-15,27H,17,31H2,1-4H3. The molecule has 1 aliphatic heterocycles. The van der Waals surface area contributed by atoms with E-state index in [0.717, 1.165) is 11.1 Å². The molecule has 0 spiro atoms. The number of carbonyl (C=O) groups is 1. The van der Waals surface area contributed by atoms with E-state index in [2.05, 4.69) is 39.0 Å². The average molecular weight is 485 g/mol. The Bertz CT molecular complexity index is 1350. The molecule has 0 radical (unpaired) electrons. The van der Waals surface area contributed by atoms with E-state index >= 15 is 0 Å². The Balaban J connectivity index is 1.55. The van der Waals surface area contributed by atoms with Crippen LogP contribution in [0.4, 0.5) is 0 Å². The molecule has 0 aromatic heterocycles. The molecule has 4 rings (SSSR count). The molecule has 0 aliphatic carbocycles. The number of carbonyl (C=O) groups excluding carboxylic acids is 1. The number of esters is 1. The molecule has 0 fully saturated rings. The maximum absolute atomic E-state index is 12.4. The number of nitrogens with zero attached hydrogens (tertiary/aromatic N) is 1. The highest BCUT2D eigenvalue weighted by molar-refractivity contribution is 5.74. The van der Waals surface area contributed by atoms with Gasteiger partial charge in [0.1, 0.15) is 23.1 Å². The highest BCUT2D eigenvalue weighted by Crippen LogP contribution is 2.43. The third-order valence-electron chi connectivity index (χ3n) is 5.95. The van der Waals surface area contributed by atoms with Gasteiger partial charge in [-0.3, -0.25) is 0 Å². The number of fused-ring (bicyclic) bond motifs is 1. The molecule has 0 amide bonds. The fourth-order valence-corrected chi connectivity index (χ4v) is 4.05. The lowest BCUT2D eigenvalue weighted by atomic mass is 9.81. The molecule has 1 unspecified atom stereocenters. The molecule has 1 atom stereocenters. The quantitative estimate of drug-likeness (QED) is 0.379. The Labute approximate surface area is 210 Å². The molecule has 0 bridgehead atoms. The van der Waals surface area contributed by atoms with Gasteiger partial charge in [-0.05, 0) is 34.7 Å². The highest BCUT2D eigenvalue weighted by atomic mass is 16.6. The van der Waals surface area contributed by atoms with Gasteiger partial charge < -0.3 is 24.7 Å². The summed E-state index contributed by atoms with van der Waals surface area (Å²) in [7, 11) is 1.53. The molecule has 3 aromatic carbocycles. The number of methoxy groups -OCH3 is 1. The van der Waals surface area contributed by atoms with Gasteiger partial charge in [-0.15, -0.1) is 0 Å². The van der Waals surface area contributed by atoms with E-state index in [-0.39, 0.29) is 23.7 Å². The van der Waals surface area contributed by atoms with E-state index in [9.17, 15) is 10.1 Å². The van der Waals surface area contributed by atoms with Crippen molar-refractivity contribution in [2.24, 2.45) is 5.73 Å². The van der Waals surface area contributed by atoms with Crippen molar-refractivity contribution < 1.29 is 23.7 Å². The lowest BCUT2D eigenvalue weighted by Crippen LogP contribution is -2.22. The molecule has 36 heavy (non-hydrogen) atoms. The van der Waals surface area contributed by atoms with Crippen LogP contribution >= 0.6 is 0 Å². The first-order valence-corrected chi connectivity index (χ1v) is 11.5. The van der Waals surface area contributed by atoms with Crippen molar-refractivity contribution in [1.82, 2.24) is 0 Å². The average Bonchev–Trinajstić information content (AvgIpc) is 2.86. The smallest absolute Gasteiger partial charge is 0.349 e. The van der Waals surface area contributed by atoms with Gasteiger partial charge in [0.2, 0.25) is 5.88 Å². The van der Waals surface area contributed by atoms with Crippen LogP contribution in [-0.2, 0) is 10.2 Å². The maximum Gasteiger partial charge on any atom is 0.349 e. The lowest BCUT2D eigenvalue weighted by Gasteiger charge is -2.27. The normalized spacial score (nSPS) is 14.8. The number of nitrogens with two attached hydrogens (primary N) is 1.